The summed E-state index contributed by atoms with van der Waals surface area (Å²) in [7, 11) is 0. The third-order valence-corrected chi connectivity index (χ3v) is 4.18. The summed E-state index contributed by atoms with van der Waals surface area (Å²) in [6, 6.07) is 3.07. The second-order valence-corrected chi connectivity index (χ2v) is 5.34. The number of nitrogens with two attached hydrogens (primary N) is 1. The fourth-order valence-corrected chi connectivity index (χ4v) is 3.24. The lowest BCUT2D eigenvalue weighted by Gasteiger charge is -2.22. The highest BCUT2D eigenvalue weighted by Gasteiger charge is 2.37. The van der Waals surface area contributed by atoms with E-state index in [1.54, 1.807) is 0 Å². The summed E-state index contributed by atoms with van der Waals surface area (Å²) in [5.41, 5.74) is 2.61. The first-order valence-corrected chi connectivity index (χ1v) is 7.15. The molecule has 2 aliphatic heterocycles. The van der Waals surface area contributed by atoms with Gasteiger partial charge in [0.05, 0.1) is 0 Å². The van der Waals surface area contributed by atoms with E-state index >= 15 is 0 Å². The minimum Gasteiger partial charge on any atom is -0.366 e. The lowest BCUT2D eigenvalue weighted by molar-refractivity contribution is 0.318. The van der Waals surface area contributed by atoms with Gasteiger partial charge in [0.25, 0.3) is 0 Å². The summed E-state index contributed by atoms with van der Waals surface area (Å²) in [6.45, 7) is 4.51. The predicted molar refractivity (Wildman–Crippen MR) is 75.8 cm³/mol. The molecule has 2 aliphatic rings. The highest BCUT2D eigenvalue weighted by atomic mass is 15.3. The Morgan fingerprint density at radius 3 is 2.95 bits per heavy atom. The fourth-order valence-electron chi connectivity index (χ4n) is 3.24. The number of anilines is 2. The van der Waals surface area contributed by atoms with Gasteiger partial charge < -0.3 is 10.7 Å². The zero-order valence-electron chi connectivity index (χ0n) is 11.4. The van der Waals surface area contributed by atoms with E-state index in [2.05, 4.69) is 25.6 Å². The van der Waals surface area contributed by atoms with Gasteiger partial charge in [-0.25, -0.2) is 15.8 Å². The van der Waals surface area contributed by atoms with Crippen molar-refractivity contribution in [2.24, 2.45) is 5.84 Å². The Morgan fingerprint density at radius 2 is 2.16 bits per heavy atom. The topological polar surface area (TPSA) is 79.1 Å². The highest BCUT2D eigenvalue weighted by Crippen LogP contribution is 2.30. The van der Waals surface area contributed by atoms with Gasteiger partial charge in [-0.1, -0.05) is 6.92 Å². The van der Waals surface area contributed by atoms with Crippen molar-refractivity contribution in [1.82, 2.24) is 14.9 Å². The summed E-state index contributed by atoms with van der Waals surface area (Å²) >= 11 is 0. The highest BCUT2D eigenvalue weighted by molar-refractivity contribution is 5.47. The van der Waals surface area contributed by atoms with Crippen LogP contribution in [-0.4, -0.2) is 40.0 Å². The van der Waals surface area contributed by atoms with Crippen LogP contribution in [0.4, 0.5) is 11.6 Å². The molecule has 0 aliphatic carbocycles. The van der Waals surface area contributed by atoms with E-state index in [0.717, 1.165) is 18.1 Å². The monoisotopic (exact) mass is 262 g/mol. The van der Waals surface area contributed by atoms with E-state index in [-0.39, 0.29) is 0 Å². The first-order chi connectivity index (χ1) is 9.30. The molecule has 2 fully saturated rings. The number of hydrazine groups is 1. The van der Waals surface area contributed by atoms with Crippen LogP contribution in [-0.2, 0) is 6.42 Å². The normalized spacial score (nSPS) is 26.4. The van der Waals surface area contributed by atoms with Gasteiger partial charge in [-0.05, 0) is 25.8 Å². The van der Waals surface area contributed by atoms with Crippen LogP contribution in [0.1, 0.15) is 32.0 Å². The number of aromatic nitrogens is 2. The van der Waals surface area contributed by atoms with Gasteiger partial charge in [0.1, 0.15) is 17.5 Å². The third kappa shape index (κ3) is 2.50. The Morgan fingerprint density at radius 1 is 1.32 bits per heavy atom. The van der Waals surface area contributed by atoms with Crippen molar-refractivity contribution >= 4 is 11.6 Å². The molecule has 0 radical (unpaired) electrons. The first-order valence-electron chi connectivity index (χ1n) is 7.15. The van der Waals surface area contributed by atoms with Gasteiger partial charge in [0.2, 0.25) is 0 Å². The SMILES string of the molecule is CCc1nc(NN)cc(NC2CCN3CCCC23)n1. The predicted octanol–water partition coefficient (Wildman–Crippen LogP) is 0.973. The van der Waals surface area contributed by atoms with Crippen molar-refractivity contribution in [3.8, 4) is 0 Å². The van der Waals surface area contributed by atoms with Crippen LogP contribution in [0.5, 0.6) is 0 Å². The van der Waals surface area contributed by atoms with Crippen molar-refractivity contribution in [1.29, 1.82) is 0 Å². The maximum atomic E-state index is 5.46. The van der Waals surface area contributed by atoms with E-state index < -0.39 is 0 Å². The van der Waals surface area contributed by atoms with Crippen LogP contribution in [0.25, 0.3) is 0 Å². The number of aryl methyl sites for hydroxylation is 1. The standard InChI is InChI=1S/C13H22N6/c1-2-11-16-12(8-13(17-11)18-14)15-9-5-7-19-6-3-4-10(9)19/h8-10H,2-7,14H2,1H3,(H2,15,16,17,18). The van der Waals surface area contributed by atoms with Gasteiger partial charge >= 0.3 is 0 Å². The molecule has 2 saturated heterocycles. The fraction of sp³-hybridized carbons (Fsp3) is 0.692. The number of hydrogen-bond donors (Lipinski definition) is 3. The van der Waals surface area contributed by atoms with Crippen LogP contribution in [0.15, 0.2) is 6.07 Å². The minimum absolute atomic E-state index is 0.507. The second kappa shape index (κ2) is 5.30. The van der Waals surface area contributed by atoms with Crippen LogP contribution in [0, 0.1) is 0 Å². The molecule has 19 heavy (non-hydrogen) atoms. The van der Waals surface area contributed by atoms with Crippen LogP contribution in [0.3, 0.4) is 0 Å². The lowest BCUT2D eigenvalue weighted by Crippen LogP contribution is -2.34. The molecule has 0 bridgehead atoms. The zero-order chi connectivity index (χ0) is 13.2. The summed E-state index contributed by atoms with van der Waals surface area (Å²) in [5.74, 6) is 7.84. The molecule has 4 N–H and O–H groups in total. The maximum absolute atomic E-state index is 5.46. The van der Waals surface area contributed by atoms with Gasteiger partial charge in [-0.3, -0.25) is 4.90 Å². The average Bonchev–Trinajstić information content (AvgIpc) is 3.03. The summed E-state index contributed by atoms with van der Waals surface area (Å²) in [4.78, 5) is 11.4. The van der Waals surface area contributed by atoms with E-state index in [0.29, 0.717) is 17.9 Å². The Bertz CT molecular complexity index is 427. The molecule has 0 amide bonds. The average molecular weight is 262 g/mol. The smallest absolute Gasteiger partial charge is 0.145 e. The van der Waals surface area contributed by atoms with Crippen molar-refractivity contribution < 1.29 is 0 Å². The second-order valence-electron chi connectivity index (χ2n) is 5.34. The van der Waals surface area contributed by atoms with Gasteiger partial charge in [-0.15, -0.1) is 0 Å². The molecule has 3 heterocycles. The Balaban J connectivity index is 1.75. The summed E-state index contributed by atoms with van der Waals surface area (Å²) in [6.07, 6.45) is 4.62. The van der Waals surface area contributed by atoms with Crippen molar-refractivity contribution in [3.63, 3.8) is 0 Å². The van der Waals surface area contributed by atoms with E-state index in [9.17, 15) is 0 Å². The van der Waals surface area contributed by atoms with Crippen molar-refractivity contribution in [3.05, 3.63) is 11.9 Å². The number of fused-ring (bicyclic) bond motifs is 1. The molecule has 1 aromatic rings. The largest absolute Gasteiger partial charge is 0.366 e. The number of nitrogens with one attached hydrogen (secondary N) is 2. The minimum atomic E-state index is 0.507. The molecular formula is C13H22N6. The number of nitrogens with zero attached hydrogens (tertiary/aromatic N) is 3. The van der Waals surface area contributed by atoms with Gasteiger partial charge in [0.15, 0.2) is 0 Å². The number of hydrogen-bond acceptors (Lipinski definition) is 6. The zero-order valence-corrected chi connectivity index (χ0v) is 11.4. The molecule has 1 aromatic heterocycles. The third-order valence-electron chi connectivity index (χ3n) is 4.18. The molecule has 104 valence electrons. The molecule has 6 nitrogen and oxygen atoms in total. The summed E-state index contributed by atoms with van der Waals surface area (Å²) in [5, 5.41) is 3.57. The van der Waals surface area contributed by atoms with E-state index in [1.807, 2.05) is 13.0 Å². The molecule has 2 unspecified atom stereocenters. The van der Waals surface area contributed by atoms with E-state index in [1.165, 1.54) is 32.4 Å². The number of rotatable bonds is 4. The van der Waals surface area contributed by atoms with E-state index in [4.69, 9.17) is 5.84 Å². The van der Waals surface area contributed by atoms with Crippen LogP contribution >= 0.6 is 0 Å². The molecule has 2 atom stereocenters. The molecular weight excluding hydrogens is 240 g/mol. The molecule has 3 rings (SSSR count). The lowest BCUT2D eigenvalue weighted by atomic mass is 10.1. The quantitative estimate of drug-likeness (QED) is 0.554. The Hall–Kier alpha value is -1.40. The molecule has 0 spiro atoms. The molecule has 0 saturated carbocycles. The Kier molecular flexibility index (Phi) is 3.52. The van der Waals surface area contributed by atoms with Crippen molar-refractivity contribution in [2.45, 2.75) is 44.7 Å². The van der Waals surface area contributed by atoms with Crippen LogP contribution in [0.2, 0.25) is 0 Å². The van der Waals surface area contributed by atoms with Gasteiger partial charge in [-0.2, -0.15) is 0 Å². The molecule has 6 heteroatoms. The maximum Gasteiger partial charge on any atom is 0.145 e. The van der Waals surface area contributed by atoms with Crippen molar-refractivity contribution in [2.75, 3.05) is 23.8 Å². The Labute approximate surface area is 113 Å². The first kappa shape index (κ1) is 12.6. The number of nitrogen functional groups attached to an aromatic ring is 1. The summed E-state index contributed by atoms with van der Waals surface area (Å²) < 4.78 is 0. The molecule has 0 aromatic carbocycles. The van der Waals surface area contributed by atoms with Gasteiger partial charge in [0, 0.05) is 31.1 Å². The van der Waals surface area contributed by atoms with Crippen LogP contribution < -0.4 is 16.6 Å².